The molecule has 194 valence electrons. The van der Waals surface area contributed by atoms with Gasteiger partial charge in [0.2, 0.25) is 0 Å². The number of likely N-dealkylation sites (N-methyl/N-ethyl adjacent to an activating group) is 1. The molecule has 0 radical (unpaired) electrons. The van der Waals surface area contributed by atoms with E-state index in [4.69, 9.17) is 14.7 Å². The lowest BCUT2D eigenvalue weighted by Gasteiger charge is -2.28. The number of thiophene rings is 1. The summed E-state index contributed by atoms with van der Waals surface area (Å²) in [6, 6.07) is 9.96. The van der Waals surface area contributed by atoms with E-state index in [-0.39, 0.29) is 11.9 Å². The standard InChI is InChI=1S/C27H33N7O2S/c1-4-32(5-2)19(3)16-28-27(35)20-14-23(30-25(15-20)33-10-7-12-36-18-33)21-17-29-34-11-9-22(31-26(21)34)24-8-6-13-37-24/h6,8-9,11,13-15,17,19H,4-5,7,10,12,16,18H2,1-3H3,(H,28,35)/t19-/m0/s1. The van der Waals surface area contributed by atoms with Crippen LogP contribution in [-0.4, -0.2) is 75.9 Å². The molecule has 37 heavy (non-hydrogen) atoms. The number of hydrogen-bond donors (Lipinski definition) is 1. The number of nitrogens with zero attached hydrogens (tertiary/aromatic N) is 6. The van der Waals surface area contributed by atoms with Crippen LogP contribution in [0.15, 0.2) is 48.1 Å². The van der Waals surface area contributed by atoms with Gasteiger partial charge in [-0.3, -0.25) is 9.69 Å². The number of nitrogens with one attached hydrogen (secondary N) is 1. The number of carbonyl (C=O) groups is 1. The van der Waals surface area contributed by atoms with Crippen molar-refractivity contribution in [2.45, 2.75) is 33.2 Å². The van der Waals surface area contributed by atoms with Crippen LogP contribution in [0.25, 0.3) is 27.5 Å². The first-order valence-corrected chi connectivity index (χ1v) is 13.7. The Balaban J connectivity index is 1.50. The summed E-state index contributed by atoms with van der Waals surface area (Å²) in [6.45, 7) is 10.9. The average Bonchev–Trinajstić information content (AvgIpc) is 3.63. The molecule has 1 aliphatic heterocycles. The molecule has 4 aromatic heterocycles. The van der Waals surface area contributed by atoms with Gasteiger partial charge in [-0.15, -0.1) is 11.3 Å². The van der Waals surface area contributed by atoms with Crippen molar-refractivity contribution in [1.82, 2.24) is 29.8 Å². The van der Waals surface area contributed by atoms with Crippen molar-refractivity contribution in [1.29, 1.82) is 0 Å². The van der Waals surface area contributed by atoms with E-state index in [1.54, 1.807) is 22.0 Å². The molecule has 0 aliphatic carbocycles. The van der Waals surface area contributed by atoms with Gasteiger partial charge in [-0.25, -0.2) is 14.5 Å². The lowest BCUT2D eigenvalue weighted by molar-refractivity contribution is 0.0937. The van der Waals surface area contributed by atoms with Crippen LogP contribution in [-0.2, 0) is 4.74 Å². The molecular weight excluding hydrogens is 486 g/mol. The molecule has 1 aliphatic rings. The molecule has 0 aromatic carbocycles. The van der Waals surface area contributed by atoms with Gasteiger partial charge in [0.15, 0.2) is 5.65 Å². The molecule has 9 nitrogen and oxygen atoms in total. The molecule has 1 saturated heterocycles. The zero-order chi connectivity index (χ0) is 25.8. The zero-order valence-corrected chi connectivity index (χ0v) is 22.4. The van der Waals surface area contributed by atoms with Gasteiger partial charge in [0, 0.05) is 30.9 Å². The summed E-state index contributed by atoms with van der Waals surface area (Å²) in [5, 5.41) is 9.67. The average molecular weight is 520 g/mol. The highest BCUT2D eigenvalue weighted by molar-refractivity contribution is 7.13. The topological polar surface area (TPSA) is 87.9 Å². The van der Waals surface area contributed by atoms with Crippen molar-refractivity contribution in [3.05, 3.63) is 53.7 Å². The maximum absolute atomic E-state index is 13.3. The van der Waals surface area contributed by atoms with Crippen LogP contribution in [0.4, 0.5) is 5.82 Å². The van der Waals surface area contributed by atoms with E-state index in [9.17, 15) is 4.79 Å². The predicted molar refractivity (Wildman–Crippen MR) is 147 cm³/mol. The van der Waals surface area contributed by atoms with Crippen LogP contribution in [0.3, 0.4) is 0 Å². The fourth-order valence-electron chi connectivity index (χ4n) is 4.65. The Morgan fingerprint density at radius 2 is 2.08 bits per heavy atom. The lowest BCUT2D eigenvalue weighted by Crippen LogP contribution is -2.42. The largest absolute Gasteiger partial charge is 0.361 e. The molecule has 1 amide bonds. The molecule has 5 heterocycles. The first kappa shape index (κ1) is 25.3. The van der Waals surface area contributed by atoms with Crippen LogP contribution in [0.2, 0.25) is 0 Å². The number of aromatic nitrogens is 4. The second kappa shape index (κ2) is 11.4. The van der Waals surface area contributed by atoms with Gasteiger partial charge in [-0.2, -0.15) is 5.10 Å². The Labute approximate surface area is 221 Å². The molecule has 0 unspecified atom stereocenters. The van der Waals surface area contributed by atoms with E-state index in [1.165, 1.54) is 0 Å². The van der Waals surface area contributed by atoms with E-state index < -0.39 is 0 Å². The van der Waals surface area contributed by atoms with E-state index in [0.29, 0.717) is 36.0 Å². The van der Waals surface area contributed by atoms with Gasteiger partial charge >= 0.3 is 0 Å². The maximum Gasteiger partial charge on any atom is 0.251 e. The second-order valence-electron chi connectivity index (χ2n) is 9.15. The highest BCUT2D eigenvalue weighted by Gasteiger charge is 2.20. The molecule has 0 spiro atoms. The van der Waals surface area contributed by atoms with Crippen molar-refractivity contribution < 1.29 is 9.53 Å². The highest BCUT2D eigenvalue weighted by atomic mass is 32.1. The van der Waals surface area contributed by atoms with Gasteiger partial charge in [0.1, 0.15) is 12.5 Å². The van der Waals surface area contributed by atoms with Crippen LogP contribution in [0, 0.1) is 0 Å². The number of amides is 1. The molecule has 0 saturated carbocycles. The van der Waals surface area contributed by atoms with Crippen LogP contribution in [0.1, 0.15) is 37.6 Å². The number of anilines is 1. The third-order valence-corrected chi connectivity index (χ3v) is 7.67. The fraction of sp³-hybridized carbons (Fsp3) is 0.407. The molecule has 1 N–H and O–H groups in total. The van der Waals surface area contributed by atoms with Gasteiger partial charge in [0.05, 0.1) is 34.6 Å². The summed E-state index contributed by atoms with van der Waals surface area (Å²) >= 11 is 1.64. The smallest absolute Gasteiger partial charge is 0.251 e. The van der Waals surface area contributed by atoms with Crippen LogP contribution < -0.4 is 10.2 Å². The quantitative estimate of drug-likeness (QED) is 0.355. The van der Waals surface area contributed by atoms with Gasteiger partial charge < -0.3 is 15.0 Å². The lowest BCUT2D eigenvalue weighted by atomic mass is 10.1. The van der Waals surface area contributed by atoms with Crippen molar-refractivity contribution in [2.24, 2.45) is 0 Å². The van der Waals surface area contributed by atoms with Crippen LogP contribution in [0.5, 0.6) is 0 Å². The van der Waals surface area contributed by atoms with E-state index in [2.05, 4.69) is 47.1 Å². The van der Waals surface area contributed by atoms with Crippen LogP contribution >= 0.6 is 11.3 Å². The Morgan fingerprint density at radius 3 is 2.81 bits per heavy atom. The zero-order valence-electron chi connectivity index (χ0n) is 21.6. The Kier molecular flexibility index (Phi) is 7.78. The first-order chi connectivity index (χ1) is 18.1. The van der Waals surface area contributed by atoms with E-state index in [0.717, 1.165) is 48.8 Å². The maximum atomic E-state index is 13.3. The molecule has 1 atom stereocenters. The third-order valence-electron chi connectivity index (χ3n) is 6.77. The first-order valence-electron chi connectivity index (χ1n) is 12.8. The molecule has 10 heteroatoms. The fourth-order valence-corrected chi connectivity index (χ4v) is 5.35. The third kappa shape index (κ3) is 5.51. The number of ether oxygens (including phenoxy) is 1. The van der Waals surface area contributed by atoms with Gasteiger partial charge in [-0.05, 0) is 56.1 Å². The summed E-state index contributed by atoms with van der Waals surface area (Å²) in [5.74, 6) is 0.596. The summed E-state index contributed by atoms with van der Waals surface area (Å²) in [4.78, 5) is 28.7. The molecule has 5 rings (SSSR count). The van der Waals surface area contributed by atoms with E-state index in [1.807, 2.05) is 35.8 Å². The molecule has 1 fully saturated rings. The minimum Gasteiger partial charge on any atom is -0.361 e. The number of rotatable bonds is 9. The van der Waals surface area contributed by atoms with E-state index >= 15 is 0 Å². The SMILES string of the molecule is CCN(CC)[C@@H](C)CNC(=O)c1cc(-c2cnn3ccc(-c4cccs4)nc23)nc(N2CCCOC2)c1. The highest BCUT2D eigenvalue weighted by Crippen LogP contribution is 2.29. The number of hydrogen-bond acceptors (Lipinski definition) is 8. The van der Waals surface area contributed by atoms with Crippen molar-refractivity contribution in [3.8, 4) is 21.8 Å². The summed E-state index contributed by atoms with van der Waals surface area (Å²) in [6.07, 6.45) is 4.59. The predicted octanol–water partition coefficient (Wildman–Crippen LogP) is 4.16. The van der Waals surface area contributed by atoms with Crippen molar-refractivity contribution in [2.75, 3.05) is 44.4 Å². The normalized spacial score (nSPS) is 14.9. The summed E-state index contributed by atoms with van der Waals surface area (Å²) < 4.78 is 7.42. The van der Waals surface area contributed by atoms with Gasteiger partial charge in [-0.1, -0.05) is 19.9 Å². The van der Waals surface area contributed by atoms with Crippen molar-refractivity contribution >= 4 is 28.7 Å². The summed E-state index contributed by atoms with van der Waals surface area (Å²) in [5.41, 5.74) is 3.59. The summed E-state index contributed by atoms with van der Waals surface area (Å²) in [7, 11) is 0. The second-order valence-corrected chi connectivity index (χ2v) is 10.1. The minimum absolute atomic E-state index is 0.120. The number of pyridine rings is 1. The minimum atomic E-state index is -0.120. The Morgan fingerprint density at radius 1 is 1.22 bits per heavy atom. The molecule has 0 bridgehead atoms. The molecular formula is C27H33N7O2S. The molecule has 4 aromatic rings. The number of carbonyl (C=O) groups excluding carboxylic acids is 1. The monoisotopic (exact) mass is 519 g/mol. The number of fused-ring (bicyclic) bond motifs is 1. The van der Waals surface area contributed by atoms with Gasteiger partial charge in [0.25, 0.3) is 5.91 Å². The Hall–Kier alpha value is -3.34. The Bertz CT molecular complexity index is 1340. The van der Waals surface area contributed by atoms with Crippen molar-refractivity contribution in [3.63, 3.8) is 0 Å².